The number of anilines is 1. The average Bonchev–Trinajstić information content (AvgIpc) is 3.04. The van der Waals surface area contributed by atoms with E-state index in [9.17, 15) is 22.8 Å². The molecule has 3 aromatic rings. The molecule has 0 aliphatic rings. The molecule has 12 heteroatoms. The Labute approximate surface area is 302 Å². The third kappa shape index (κ3) is 17.5. The van der Waals surface area contributed by atoms with Crippen LogP contribution >= 0.6 is 0 Å². The zero-order chi connectivity index (χ0) is 34.0. The maximum atomic E-state index is 12.9. The summed E-state index contributed by atoms with van der Waals surface area (Å²) in [6.45, 7) is 3.65. The molecule has 0 saturated heterocycles. The number of nitrogens with one attached hydrogen (secondary N) is 1. The molecule has 284 valence electrons. The Hall–Kier alpha value is -4.10. The molecule has 0 aliphatic heterocycles. The second kappa shape index (κ2) is 26.7. The summed E-state index contributed by atoms with van der Waals surface area (Å²) in [4.78, 5) is 35.8. The molecule has 3 atom stereocenters. The molecule has 0 fully saturated rings. The number of methoxy groups -OCH3 is 2. The standard InChI is InChI=1S/C21H25NO7S.C13H18O3.4CH4.H2/c1-15(23)20(18(27-2)13-14-29-16-9-5-4-6-10-16)21(24)22-17-11-7-8-12-19(17)30(25,26)28-3;1-11(14)10-13(15-2)8-9-16-12-6-4-3-5-7-12;;;;;/h4-12,18,20H,13-14H2,1-3H3,(H,22,24);3-7,13H,8-10H2,1-2H3;4*1H4;1H. The van der Waals surface area contributed by atoms with Crippen molar-refractivity contribution in [2.75, 3.05) is 39.9 Å². The number of carbonyl (C=O) groups is 3. The van der Waals surface area contributed by atoms with Crippen LogP contribution in [0.2, 0.25) is 0 Å². The zero-order valence-electron chi connectivity index (χ0n) is 26.8. The predicted molar refractivity (Wildman–Crippen MR) is 202 cm³/mol. The van der Waals surface area contributed by atoms with Crippen LogP contribution in [0.15, 0.2) is 89.8 Å². The monoisotopic (exact) mass is 723 g/mol. The fraction of sp³-hybridized carbons (Fsp3) is 0.447. The van der Waals surface area contributed by atoms with E-state index in [1.165, 1.54) is 32.2 Å². The van der Waals surface area contributed by atoms with E-state index in [0.717, 1.165) is 19.3 Å². The first-order valence-electron chi connectivity index (χ1n) is 14.6. The summed E-state index contributed by atoms with van der Waals surface area (Å²) in [5.41, 5.74) is 0.0194. The van der Waals surface area contributed by atoms with E-state index >= 15 is 0 Å². The highest BCUT2D eigenvalue weighted by Gasteiger charge is 2.33. The van der Waals surface area contributed by atoms with Crippen molar-refractivity contribution in [3.8, 4) is 11.5 Å². The lowest BCUT2D eigenvalue weighted by Gasteiger charge is -2.24. The average molecular weight is 724 g/mol. The van der Waals surface area contributed by atoms with Gasteiger partial charge in [-0.25, -0.2) is 0 Å². The molecule has 1 amide bonds. The van der Waals surface area contributed by atoms with Crippen molar-refractivity contribution in [1.82, 2.24) is 0 Å². The van der Waals surface area contributed by atoms with Crippen LogP contribution < -0.4 is 14.8 Å². The van der Waals surface area contributed by atoms with Crippen molar-refractivity contribution in [2.45, 2.75) is 79.9 Å². The molecule has 0 spiro atoms. The number of carbonyl (C=O) groups excluding carboxylic acids is 3. The van der Waals surface area contributed by atoms with E-state index in [4.69, 9.17) is 18.9 Å². The van der Waals surface area contributed by atoms with Gasteiger partial charge in [-0.3, -0.25) is 18.6 Å². The Morgan fingerprint density at radius 2 is 1.18 bits per heavy atom. The highest BCUT2D eigenvalue weighted by atomic mass is 32.2. The Bertz CT molecular complexity index is 1470. The first-order valence-corrected chi connectivity index (χ1v) is 16.0. The Morgan fingerprint density at radius 1 is 0.700 bits per heavy atom. The van der Waals surface area contributed by atoms with E-state index in [1.54, 1.807) is 32.2 Å². The van der Waals surface area contributed by atoms with Crippen LogP contribution in [0, 0.1) is 5.92 Å². The molecule has 0 aliphatic carbocycles. The van der Waals surface area contributed by atoms with Crippen LogP contribution in [0.4, 0.5) is 5.69 Å². The van der Waals surface area contributed by atoms with E-state index in [-0.39, 0.29) is 66.6 Å². The first kappa shape index (κ1) is 50.3. The van der Waals surface area contributed by atoms with Gasteiger partial charge in [-0.2, -0.15) is 8.42 Å². The lowest BCUT2D eigenvalue weighted by Crippen LogP contribution is -2.39. The van der Waals surface area contributed by atoms with Crippen molar-refractivity contribution in [3.63, 3.8) is 0 Å². The van der Waals surface area contributed by atoms with Gasteiger partial charge >= 0.3 is 0 Å². The summed E-state index contributed by atoms with van der Waals surface area (Å²) in [6, 6.07) is 24.5. The summed E-state index contributed by atoms with van der Waals surface area (Å²) >= 11 is 0. The van der Waals surface area contributed by atoms with Crippen LogP contribution in [0.1, 0.15) is 64.2 Å². The predicted octanol–water partition coefficient (Wildman–Crippen LogP) is 7.89. The van der Waals surface area contributed by atoms with Crippen LogP contribution in [-0.4, -0.2) is 72.6 Å². The number of Topliss-reactive ketones (excluding diaryl/α,β-unsaturated/α-hetero) is 2. The van der Waals surface area contributed by atoms with E-state index in [2.05, 4.69) is 9.50 Å². The summed E-state index contributed by atoms with van der Waals surface area (Å²) in [5.74, 6) is -0.576. The topological polar surface area (TPSA) is 144 Å². The second-order valence-electron chi connectivity index (χ2n) is 10.1. The van der Waals surface area contributed by atoms with E-state index < -0.39 is 33.8 Å². The molecule has 0 saturated carbocycles. The van der Waals surface area contributed by atoms with Gasteiger partial charge in [0.15, 0.2) is 0 Å². The molecular formula is C38H61NO10S. The zero-order valence-corrected chi connectivity index (χ0v) is 27.7. The van der Waals surface area contributed by atoms with E-state index in [0.29, 0.717) is 18.8 Å². The molecule has 50 heavy (non-hydrogen) atoms. The van der Waals surface area contributed by atoms with Crippen molar-refractivity contribution in [2.24, 2.45) is 5.92 Å². The summed E-state index contributed by atoms with van der Waals surface area (Å²) in [5, 5.41) is 2.52. The first-order chi connectivity index (χ1) is 22.0. The highest BCUT2D eigenvalue weighted by molar-refractivity contribution is 7.87. The third-order valence-corrected chi connectivity index (χ3v) is 8.08. The van der Waals surface area contributed by atoms with Gasteiger partial charge < -0.3 is 24.3 Å². The van der Waals surface area contributed by atoms with Crippen molar-refractivity contribution in [1.29, 1.82) is 0 Å². The summed E-state index contributed by atoms with van der Waals surface area (Å²) in [7, 11) is 0.00950. The molecule has 0 bridgehead atoms. The molecule has 0 radical (unpaired) electrons. The number of benzene rings is 3. The molecule has 3 unspecified atom stereocenters. The third-order valence-electron chi connectivity index (χ3n) is 6.74. The lowest BCUT2D eigenvalue weighted by atomic mass is 9.94. The largest absolute Gasteiger partial charge is 0.493 e. The molecular weight excluding hydrogens is 662 g/mol. The van der Waals surface area contributed by atoms with Gasteiger partial charge in [0.2, 0.25) is 5.91 Å². The fourth-order valence-corrected chi connectivity index (χ4v) is 5.20. The molecule has 0 aromatic heterocycles. The Kier molecular flexibility index (Phi) is 26.9. The number of amides is 1. The maximum Gasteiger partial charge on any atom is 0.298 e. The van der Waals surface area contributed by atoms with Gasteiger partial charge in [-0.15, -0.1) is 0 Å². The minimum Gasteiger partial charge on any atom is -0.493 e. The van der Waals surface area contributed by atoms with Gasteiger partial charge in [-0.1, -0.05) is 78.2 Å². The number of ketones is 2. The number of hydrogen-bond donors (Lipinski definition) is 1. The van der Waals surface area contributed by atoms with Gasteiger partial charge in [-0.05, 0) is 50.2 Å². The molecule has 0 heterocycles. The van der Waals surface area contributed by atoms with Crippen molar-refractivity contribution < 1.29 is 47.4 Å². The van der Waals surface area contributed by atoms with Crippen LogP contribution in [0.3, 0.4) is 0 Å². The number of hydrogen-bond acceptors (Lipinski definition) is 10. The summed E-state index contributed by atoms with van der Waals surface area (Å²) < 4.78 is 50.5. The molecule has 3 rings (SSSR count). The van der Waals surface area contributed by atoms with Crippen molar-refractivity contribution >= 4 is 33.3 Å². The van der Waals surface area contributed by atoms with Gasteiger partial charge in [0, 0.05) is 34.9 Å². The normalized spacial score (nSPS) is 11.9. The van der Waals surface area contributed by atoms with Gasteiger partial charge in [0.25, 0.3) is 10.1 Å². The minimum absolute atomic E-state index is 0. The molecule has 3 aromatic carbocycles. The number of ether oxygens (including phenoxy) is 4. The quantitative estimate of drug-likeness (QED) is 0.102. The smallest absolute Gasteiger partial charge is 0.298 e. The van der Waals surface area contributed by atoms with Crippen molar-refractivity contribution in [3.05, 3.63) is 84.9 Å². The molecule has 11 nitrogen and oxygen atoms in total. The fourth-order valence-electron chi connectivity index (χ4n) is 4.38. The Morgan fingerprint density at radius 3 is 1.62 bits per heavy atom. The van der Waals surface area contributed by atoms with E-state index in [1.807, 2.05) is 48.5 Å². The maximum absolute atomic E-state index is 12.9. The van der Waals surface area contributed by atoms with Gasteiger partial charge in [0.1, 0.15) is 33.9 Å². The van der Waals surface area contributed by atoms with Crippen LogP contribution in [0.25, 0.3) is 0 Å². The molecule has 1 N–H and O–H groups in total. The van der Waals surface area contributed by atoms with Crippen LogP contribution in [0.5, 0.6) is 11.5 Å². The Balaban J connectivity index is -0.000000454. The highest BCUT2D eigenvalue weighted by Crippen LogP contribution is 2.24. The minimum atomic E-state index is -4.04. The summed E-state index contributed by atoms with van der Waals surface area (Å²) in [6.07, 6.45) is 0.666. The number of para-hydroxylation sites is 3. The second-order valence-corrected chi connectivity index (χ2v) is 11.8. The van der Waals surface area contributed by atoms with Gasteiger partial charge in [0.05, 0.1) is 38.2 Å². The SMILES string of the molecule is C.C.C.C.COC(CCOc1ccccc1)C(C(C)=O)C(=O)Nc1ccccc1S(=O)(=O)OC.COC(CCOc1ccccc1)CC(C)=O.[HH]. The number of rotatable bonds is 18. The lowest BCUT2D eigenvalue weighted by molar-refractivity contribution is -0.136. The van der Waals surface area contributed by atoms with Crippen LogP contribution in [-0.2, 0) is 38.2 Å².